The van der Waals surface area contributed by atoms with Crippen LogP contribution in [0, 0.1) is 0 Å². The van der Waals surface area contributed by atoms with Crippen molar-refractivity contribution >= 4 is 29.9 Å². The Labute approximate surface area is 132 Å². The normalized spacial score (nSPS) is 10.8. The SMILES string of the molecule is CCC(CC)(C(=O)NCCNC)c1ccc(Cl)cc1.Cl. The molecule has 3 nitrogen and oxygen atoms in total. The quantitative estimate of drug-likeness (QED) is 0.758. The Kier molecular flexibility index (Phi) is 8.86. The Morgan fingerprint density at radius 1 is 1.15 bits per heavy atom. The van der Waals surface area contributed by atoms with Gasteiger partial charge in [-0.2, -0.15) is 0 Å². The molecule has 0 aliphatic heterocycles. The van der Waals surface area contributed by atoms with Gasteiger partial charge in [0, 0.05) is 18.1 Å². The van der Waals surface area contributed by atoms with E-state index in [0.717, 1.165) is 24.9 Å². The number of halogens is 2. The van der Waals surface area contributed by atoms with Gasteiger partial charge in [0.15, 0.2) is 0 Å². The average molecular weight is 319 g/mol. The minimum atomic E-state index is -0.460. The number of benzene rings is 1. The predicted octanol–water partition coefficient (Wildman–Crippen LogP) is 3.16. The summed E-state index contributed by atoms with van der Waals surface area (Å²) in [5.41, 5.74) is 0.571. The van der Waals surface area contributed by atoms with Gasteiger partial charge in [-0.05, 0) is 37.6 Å². The molecule has 1 aromatic rings. The van der Waals surface area contributed by atoms with Crippen molar-refractivity contribution in [1.82, 2.24) is 10.6 Å². The van der Waals surface area contributed by atoms with Gasteiger partial charge in [0.05, 0.1) is 5.41 Å². The average Bonchev–Trinajstić information content (AvgIpc) is 2.43. The van der Waals surface area contributed by atoms with Crippen LogP contribution in [0.5, 0.6) is 0 Å². The molecule has 2 N–H and O–H groups in total. The van der Waals surface area contributed by atoms with Crippen LogP contribution in [0.15, 0.2) is 24.3 Å². The zero-order valence-electron chi connectivity index (χ0n) is 12.3. The summed E-state index contributed by atoms with van der Waals surface area (Å²) in [4.78, 5) is 12.5. The molecule has 0 aromatic heterocycles. The number of likely N-dealkylation sites (N-methyl/N-ethyl adjacent to an activating group) is 1. The third-order valence-electron chi connectivity index (χ3n) is 3.70. The van der Waals surface area contributed by atoms with Crippen molar-refractivity contribution in [2.45, 2.75) is 32.1 Å². The van der Waals surface area contributed by atoms with Gasteiger partial charge in [-0.15, -0.1) is 12.4 Å². The number of amides is 1. The van der Waals surface area contributed by atoms with E-state index in [1.165, 1.54) is 0 Å². The van der Waals surface area contributed by atoms with Crippen LogP contribution in [0.4, 0.5) is 0 Å². The number of carbonyl (C=O) groups is 1. The van der Waals surface area contributed by atoms with Crippen molar-refractivity contribution in [3.05, 3.63) is 34.9 Å². The lowest BCUT2D eigenvalue weighted by Gasteiger charge is -2.31. The first-order valence-corrected chi connectivity index (χ1v) is 7.17. The summed E-state index contributed by atoms with van der Waals surface area (Å²) in [7, 11) is 1.87. The molecule has 0 radical (unpaired) electrons. The molecule has 1 aromatic carbocycles. The lowest BCUT2D eigenvalue weighted by Crippen LogP contribution is -2.45. The first-order valence-electron chi connectivity index (χ1n) is 6.79. The van der Waals surface area contributed by atoms with E-state index in [4.69, 9.17) is 11.6 Å². The summed E-state index contributed by atoms with van der Waals surface area (Å²) >= 11 is 5.92. The number of carbonyl (C=O) groups excluding carboxylic acids is 1. The molecule has 0 unspecified atom stereocenters. The topological polar surface area (TPSA) is 41.1 Å². The van der Waals surface area contributed by atoms with Gasteiger partial charge in [0.2, 0.25) is 5.91 Å². The van der Waals surface area contributed by atoms with E-state index < -0.39 is 5.41 Å². The van der Waals surface area contributed by atoms with Crippen LogP contribution in [-0.4, -0.2) is 26.0 Å². The highest BCUT2D eigenvalue weighted by Gasteiger charge is 2.36. The molecule has 0 saturated carbocycles. The maximum absolute atomic E-state index is 12.5. The molecule has 1 amide bonds. The third-order valence-corrected chi connectivity index (χ3v) is 3.95. The van der Waals surface area contributed by atoms with Gasteiger partial charge in [-0.25, -0.2) is 0 Å². The second-order valence-corrected chi connectivity index (χ2v) is 5.09. The van der Waals surface area contributed by atoms with Crippen molar-refractivity contribution in [1.29, 1.82) is 0 Å². The van der Waals surface area contributed by atoms with Gasteiger partial charge in [-0.1, -0.05) is 37.6 Å². The summed E-state index contributed by atoms with van der Waals surface area (Å²) in [5.74, 6) is 0.0927. The molecule has 20 heavy (non-hydrogen) atoms. The lowest BCUT2D eigenvalue weighted by molar-refractivity contribution is -0.127. The molecule has 5 heteroatoms. The van der Waals surface area contributed by atoms with Crippen LogP contribution < -0.4 is 10.6 Å². The fraction of sp³-hybridized carbons (Fsp3) is 0.533. The highest BCUT2D eigenvalue weighted by molar-refractivity contribution is 6.30. The summed E-state index contributed by atoms with van der Waals surface area (Å²) in [5, 5.41) is 6.73. The van der Waals surface area contributed by atoms with Crippen LogP contribution in [0.3, 0.4) is 0 Å². The molecule has 0 bridgehead atoms. The van der Waals surface area contributed by atoms with Crippen molar-refractivity contribution in [2.24, 2.45) is 0 Å². The Balaban J connectivity index is 0.00000361. The van der Waals surface area contributed by atoms with Gasteiger partial charge in [-0.3, -0.25) is 4.79 Å². The summed E-state index contributed by atoms with van der Waals surface area (Å²) < 4.78 is 0. The lowest BCUT2D eigenvalue weighted by atomic mass is 9.75. The van der Waals surface area contributed by atoms with Crippen molar-refractivity contribution in [3.63, 3.8) is 0 Å². The Hall–Kier alpha value is -0.770. The van der Waals surface area contributed by atoms with E-state index in [1.54, 1.807) is 0 Å². The molecular weight excluding hydrogens is 295 g/mol. The van der Waals surface area contributed by atoms with E-state index in [0.29, 0.717) is 11.6 Å². The van der Waals surface area contributed by atoms with E-state index in [2.05, 4.69) is 24.5 Å². The van der Waals surface area contributed by atoms with Gasteiger partial charge in [0.25, 0.3) is 0 Å². The fourth-order valence-electron chi connectivity index (χ4n) is 2.35. The molecule has 114 valence electrons. The van der Waals surface area contributed by atoms with Gasteiger partial charge < -0.3 is 10.6 Å². The van der Waals surface area contributed by atoms with Gasteiger partial charge >= 0.3 is 0 Å². The molecule has 1 rings (SSSR count). The van der Waals surface area contributed by atoms with Crippen molar-refractivity contribution < 1.29 is 4.79 Å². The van der Waals surface area contributed by atoms with Crippen LogP contribution in [-0.2, 0) is 10.2 Å². The zero-order valence-corrected chi connectivity index (χ0v) is 13.9. The number of hydrogen-bond acceptors (Lipinski definition) is 2. The molecule has 0 aliphatic carbocycles. The Morgan fingerprint density at radius 3 is 2.15 bits per heavy atom. The second-order valence-electron chi connectivity index (χ2n) is 4.66. The molecule has 0 atom stereocenters. The largest absolute Gasteiger partial charge is 0.354 e. The number of hydrogen-bond donors (Lipinski definition) is 2. The zero-order chi connectivity index (χ0) is 14.3. The van der Waals surface area contributed by atoms with Crippen LogP contribution in [0.1, 0.15) is 32.3 Å². The first kappa shape index (κ1) is 19.2. The molecule has 0 spiro atoms. The summed E-state index contributed by atoms with van der Waals surface area (Å²) in [6.07, 6.45) is 1.55. The highest BCUT2D eigenvalue weighted by atomic mass is 35.5. The Morgan fingerprint density at radius 2 is 1.70 bits per heavy atom. The highest BCUT2D eigenvalue weighted by Crippen LogP contribution is 2.32. The maximum atomic E-state index is 12.5. The monoisotopic (exact) mass is 318 g/mol. The van der Waals surface area contributed by atoms with Gasteiger partial charge in [0.1, 0.15) is 0 Å². The number of rotatable bonds is 7. The fourth-order valence-corrected chi connectivity index (χ4v) is 2.48. The predicted molar refractivity (Wildman–Crippen MR) is 87.9 cm³/mol. The second kappa shape index (κ2) is 9.22. The summed E-state index contributed by atoms with van der Waals surface area (Å²) in [6, 6.07) is 7.59. The first-order chi connectivity index (χ1) is 9.10. The van der Waals surface area contributed by atoms with Crippen LogP contribution >= 0.6 is 24.0 Å². The van der Waals surface area contributed by atoms with E-state index in [1.807, 2.05) is 31.3 Å². The smallest absolute Gasteiger partial charge is 0.230 e. The summed E-state index contributed by atoms with van der Waals surface area (Å²) in [6.45, 7) is 5.52. The number of nitrogens with one attached hydrogen (secondary N) is 2. The maximum Gasteiger partial charge on any atom is 0.230 e. The Bertz CT molecular complexity index is 403. The third kappa shape index (κ3) is 4.37. The van der Waals surface area contributed by atoms with E-state index in [-0.39, 0.29) is 18.3 Å². The molecule has 0 heterocycles. The van der Waals surface area contributed by atoms with Crippen LogP contribution in [0.2, 0.25) is 5.02 Å². The van der Waals surface area contributed by atoms with E-state index >= 15 is 0 Å². The van der Waals surface area contributed by atoms with Crippen molar-refractivity contribution in [2.75, 3.05) is 20.1 Å². The standard InChI is InChI=1S/C15H23ClN2O.ClH/c1-4-15(5-2,14(19)18-11-10-17-3)12-6-8-13(16)9-7-12;/h6-9,17H,4-5,10-11H2,1-3H3,(H,18,19);1H. The van der Waals surface area contributed by atoms with Crippen molar-refractivity contribution in [3.8, 4) is 0 Å². The minimum Gasteiger partial charge on any atom is -0.354 e. The van der Waals surface area contributed by atoms with Crippen LogP contribution in [0.25, 0.3) is 0 Å². The van der Waals surface area contributed by atoms with E-state index in [9.17, 15) is 4.79 Å². The molecule has 0 saturated heterocycles. The molecule has 0 aliphatic rings. The molecule has 0 fully saturated rings. The molecular formula is C15H24Cl2N2O. The minimum absolute atomic E-state index is 0.